The molecule has 4 nitrogen and oxygen atoms in total. The summed E-state index contributed by atoms with van der Waals surface area (Å²) >= 11 is 9.19. The van der Waals surface area contributed by atoms with E-state index in [4.69, 9.17) is 11.6 Å². The van der Waals surface area contributed by atoms with E-state index in [1.165, 1.54) is 0 Å². The second-order valence-electron chi connectivity index (χ2n) is 4.02. The molecule has 1 fully saturated rings. The van der Waals surface area contributed by atoms with Gasteiger partial charge < -0.3 is 10.4 Å². The van der Waals surface area contributed by atoms with E-state index in [1.54, 1.807) is 18.2 Å². The Morgan fingerprint density at radius 1 is 1.41 bits per heavy atom. The molecule has 1 aromatic carbocycles. The Hall–Kier alpha value is -0.300. The normalized spacial score (nSPS) is 27.0. The lowest BCUT2D eigenvalue weighted by molar-refractivity contribution is 0.190. The van der Waals surface area contributed by atoms with E-state index in [9.17, 15) is 13.5 Å². The van der Waals surface area contributed by atoms with Crippen LogP contribution in [0.3, 0.4) is 0 Å². The molecule has 0 saturated carbocycles. The summed E-state index contributed by atoms with van der Waals surface area (Å²) in [6.45, 7) is 0. The van der Waals surface area contributed by atoms with Gasteiger partial charge in [0.1, 0.15) is 0 Å². The third-order valence-electron chi connectivity index (χ3n) is 2.59. The zero-order valence-electron chi connectivity index (χ0n) is 8.73. The predicted octanol–water partition coefficient (Wildman–Crippen LogP) is 1.67. The van der Waals surface area contributed by atoms with E-state index < -0.39 is 22.0 Å². The molecule has 0 bridgehead atoms. The second-order valence-corrected chi connectivity index (χ2v) is 7.46. The smallest absolute Gasteiger partial charge is 0.155 e. The van der Waals surface area contributed by atoms with Gasteiger partial charge in [0.05, 0.1) is 29.3 Å². The highest BCUT2D eigenvalue weighted by Crippen LogP contribution is 2.28. The highest BCUT2D eigenvalue weighted by atomic mass is 79.9. The highest BCUT2D eigenvalue weighted by Gasteiger charge is 2.36. The summed E-state index contributed by atoms with van der Waals surface area (Å²) in [5.74, 6) is -0.254. The fourth-order valence-corrected chi connectivity index (χ4v) is 4.05. The monoisotopic (exact) mass is 339 g/mol. The SMILES string of the molecule is O=S1(=O)CC(O)C(Nc2cc(Cl)ccc2Br)C1. The van der Waals surface area contributed by atoms with Gasteiger partial charge in [-0.25, -0.2) is 8.42 Å². The average molecular weight is 341 g/mol. The van der Waals surface area contributed by atoms with Crippen molar-refractivity contribution >= 4 is 43.1 Å². The van der Waals surface area contributed by atoms with Crippen LogP contribution in [0.5, 0.6) is 0 Å². The molecule has 1 heterocycles. The molecule has 17 heavy (non-hydrogen) atoms. The summed E-state index contributed by atoms with van der Waals surface area (Å²) in [4.78, 5) is 0. The summed E-state index contributed by atoms with van der Waals surface area (Å²) in [6, 6.07) is 4.68. The van der Waals surface area contributed by atoms with E-state index >= 15 is 0 Å². The molecule has 1 aromatic rings. The van der Waals surface area contributed by atoms with Crippen LogP contribution in [0.1, 0.15) is 0 Å². The van der Waals surface area contributed by atoms with Crippen molar-refractivity contribution in [3.8, 4) is 0 Å². The number of benzene rings is 1. The first-order valence-corrected chi connectivity index (χ1v) is 7.97. The van der Waals surface area contributed by atoms with Crippen LogP contribution in [0.4, 0.5) is 5.69 Å². The summed E-state index contributed by atoms with van der Waals surface area (Å²) in [5.41, 5.74) is 0.679. The summed E-state index contributed by atoms with van der Waals surface area (Å²) in [7, 11) is -3.15. The maximum atomic E-state index is 11.4. The second kappa shape index (κ2) is 4.76. The summed E-state index contributed by atoms with van der Waals surface area (Å²) < 4.78 is 23.5. The number of halogens is 2. The Morgan fingerprint density at radius 3 is 2.71 bits per heavy atom. The van der Waals surface area contributed by atoms with E-state index in [0.717, 1.165) is 4.47 Å². The molecule has 2 N–H and O–H groups in total. The minimum atomic E-state index is -3.15. The Kier molecular flexibility index (Phi) is 3.68. The van der Waals surface area contributed by atoms with Crippen molar-refractivity contribution in [3.63, 3.8) is 0 Å². The van der Waals surface area contributed by atoms with Crippen LogP contribution in [0.2, 0.25) is 5.02 Å². The van der Waals surface area contributed by atoms with Crippen LogP contribution in [0.25, 0.3) is 0 Å². The van der Waals surface area contributed by atoms with Crippen LogP contribution in [-0.4, -0.2) is 37.2 Å². The number of sulfone groups is 1. The fraction of sp³-hybridized carbons (Fsp3) is 0.400. The first-order valence-electron chi connectivity index (χ1n) is 4.97. The zero-order valence-corrected chi connectivity index (χ0v) is 11.9. The maximum absolute atomic E-state index is 11.4. The quantitative estimate of drug-likeness (QED) is 0.859. The summed E-state index contributed by atoms with van der Waals surface area (Å²) in [6.07, 6.45) is -0.883. The van der Waals surface area contributed by atoms with Crippen LogP contribution in [-0.2, 0) is 9.84 Å². The highest BCUT2D eigenvalue weighted by molar-refractivity contribution is 9.10. The molecule has 2 unspecified atom stereocenters. The molecular weight excluding hydrogens is 330 g/mol. The third kappa shape index (κ3) is 3.13. The van der Waals surface area contributed by atoms with Crippen LogP contribution < -0.4 is 5.32 Å². The molecule has 1 aliphatic heterocycles. The van der Waals surface area contributed by atoms with Gasteiger partial charge in [-0.15, -0.1) is 0 Å². The average Bonchev–Trinajstić information content (AvgIpc) is 2.46. The molecule has 7 heteroatoms. The van der Waals surface area contributed by atoms with Gasteiger partial charge in [-0.2, -0.15) is 0 Å². The number of nitrogens with one attached hydrogen (secondary N) is 1. The first-order chi connectivity index (χ1) is 7.87. The number of aliphatic hydroxyl groups is 1. The number of hydrogen-bond acceptors (Lipinski definition) is 4. The van der Waals surface area contributed by atoms with Gasteiger partial charge in [0.25, 0.3) is 0 Å². The third-order valence-corrected chi connectivity index (χ3v) is 5.23. The van der Waals surface area contributed by atoms with Gasteiger partial charge in [-0.05, 0) is 34.1 Å². The van der Waals surface area contributed by atoms with E-state index in [2.05, 4.69) is 21.2 Å². The molecule has 94 valence electrons. The molecule has 0 spiro atoms. The van der Waals surface area contributed by atoms with Crippen molar-refractivity contribution in [2.24, 2.45) is 0 Å². The molecule has 0 radical (unpaired) electrons. The van der Waals surface area contributed by atoms with Gasteiger partial charge in [0.2, 0.25) is 0 Å². The standard InChI is InChI=1S/C10H11BrClNO3S/c11-7-2-1-6(12)3-8(7)13-9-4-17(15,16)5-10(9)14/h1-3,9-10,13-14H,4-5H2. The lowest BCUT2D eigenvalue weighted by Crippen LogP contribution is -2.31. The number of aliphatic hydroxyl groups excluding tert-OH is 1. The van der Waals surface area contributed by atoms with Gasteiger partial charge in [-0.3, -0.25) is 0 Å². The van der Waals surface area contributed by atoms with Gasteiger partial charge >= 0.3 is 0 Å². The molecule has 0 aliphatic carbocycles. The van der Waals surface area contributed by atoms with Crippen molar-refractivity contribution in [1.82, 2.24) is 0 Å². The molecule has 1 aliphatic rings. The van der Waals surface area contributed by atoms with Gasteiger partial charge in [-0.1, -0.05) is 11.6 Å². The molecule has 0 amide bonds. The minimum absolute atomic E-state index is 0.0624. The maximum Gasteiger partial charge on any atom is 0.155 e. The number of rotatable bonds is 2. The lowest BCUT2D eigenvalue weighted by atomic mass is 10.2. The van der Waals surface area contributed by atoms with E-state index in [-0.39, 0.29) is 11.5 Å². The zero-order chi connectivity index (χ0) is 12.6. The fourth-order valence-electron chi connectivity index (χ4n) is 1.77. The molecule has 2 atom stereocenters. The van der Waals surface area contributed by atoms with Crippen molar-refractivity contribution in [2.75, 3.05) is 16.8 Å². The van der Waals surface area contributed by atoms with Crippen LogP contribution in [0, 0.1) is 0 Å². The van der Waals surface area contributed by atoms with Crippen LogP contribution >= 0.6 is 27.5 Å². The Labute approximate surface area is 113 Å². The predicted molar refractivity (Wildman–Crippen MR) is 71.2 cm³/mol. The summed E-state index contributed by atoms with van der Waals surface area (Å²) in [5, 5.41) is 13.2. The van der Waals surface area contributed by atoms with Crippen molar-refractivity contribution in [2.45, 2.75) is 12.1 Å². The topological polar surface area (TPSA) is 66.4 Å². The molecule has 1 saturated heterocycles. The number of anilines is 1. The minimum Gasteiger partial charge on any atom is -0.390 e. The number of hydrogen-bond donors (Lipinski definition) is 2. The van der Waals surface area contributed by atoms with Gasteiger partial charge in [0.15, 0.2) is 9.84 Å². The van der Waals surface area contributed by atoms with Crippen molar-refractivity contribution in [1.29, 1.82) is 0 Å². The Balaban J connectivity index is 2.19. The Morgan fingerprint density at radius 2 is 2.12 bits per heavy atom. The van der Waals surface area contributed by atoms with Crippen molar-refractivity contribution < 1.29 is 13.5 Å². The molecule has 2 rings (SSSR count). The van der Waals surface area contributed by atoms with E-state index in [1.807, 2.05) is 0 Å². The first kappa shape index (κ1) is 13.1. The van der Waals surface area contributed by atoms with Gasteiger partial charge in [0, 0.05) is 9.50 Å². The van der Waals surface area contributed by atoms with Crippen molar-refractivity contribution in [3.05, 3.63) is 27.7 Å². The van der Waals surface area contributed by atoms with E-state index in [0.29, 0.717) is 10.7 Å². The molecular formula is C10H11BrClNO3S. The molecule has 0 aromatic heterocycles. The largest absolute Gasteiger partial charge is 0.390 e. The van der Waals surface area contributed by atoms with Crippen LogP contribution in [0.15, 0.2) is 22.7 Å². The Bertz CT molecular complexity index is 534. The lowest BCUT2D eigenvalue weighted by Gasteiger charge is -2.17.